The van der Waals surface area contributed by atoms with Gasteiger partial charge in [0.25, 0.3) is 0 Å². The Labute approximate surface area is 130 Å². The third-order valence-corrected chi connectivity index (χ3v) is 3.87. The molecule has 0 fully saturated rings. The molecule has 21 heavy (non-hydrogen) atoms. The van der Waals surface area contributed by atoms with Crippen LogP contribution < -0.4 is 5.32 Å². The smallest absolute Gasteiger partial charge is 0.156 e. The molecule has 0 atom stereocenters. The van der Waals surface area contributed by atoms with Crippen LogP contribution in [0.15, 0.2) is 12.3 Å². The summed E-state index contributed by atoms with van der Waals surface area (Å²) in [6.07, 6.45) is 1.87. The number of nitrogens with zero attached hydrogens (tertiary/aromatic N) is 3. The number of pyridine rings is 1. The summed E-state index contributed by atoms with van der Waals surface area (Å²) in [6, 6.07) is 2.12. The van der Waals surface area contributed by atoms with Crippen LogP contribution in [0.4, 0.5) is 0 Å². The van der Waals surface area contributed by atoms with Crippen molar-refractivity contribution in [2.75, 3.05) is 20.3 Å². The van der Waals surface area contributed by atoms with Crippen LogP contribution in [-0.4, -0.2) is 35.0 Å². The first-order valence-electron chi connectivity index (χ1n) is 6.92. The van der Waals surface area contributed by atoms with E-state index in [4.69, 9.17) is 16.3 Å². The van der Waals surface area contributed by atoms with E-state index in [-0.39, 0.29) is 0 Å². The molecule has 1 N–H and O–H groups in total. The van der Waals surface area contributed by atoms with Crippen molar-refractivity contribution in [3.8, 4) is 5.82 Å². The van der Waals surface area contributed by atoms with Gasteiger partial charge in [0.15, 0.2) is 5.82 Å². The first-order chi connectivity index (χ1) is 10.0. The summed E-state index contributed by atoms with van der Waals surface area (Å²) in [5.41, 5.74) is 3.94. The first-order valence-corrected chi connectivity index (χ1v) is 7.29. The monoisotopic (exact) mass is 308 g/mol. The number of halogens is 1. The molecule has 0 amide bonds. The summed E-state index contributed by atoms with van der Waals surface area (Å²) < 4.78 is 6.81. The number of aryl methyl sites for hydroxylation is 2. The minimum atomic E-state index is 0.696. The zero-order valence-electron chi connectivity index (χ0n) is 12.9. The molecule has 6 heteroatoms. The molecule has 0 aromatic carbocycles. The fourth-order valence-electron chi connectivity index (χ4n) is 2.18. The lowest BCUT2D eigenvalue weighted by Crippen LogP contribution is -2.19. The average Bonchev–Trinajstić information content (AvgIpc) is 2.71. The maximum Gasteiger partial charge on any atom is 0.156 e. The zero-order chi connectivity index (χ0) is 15.4. The van der Waals surface area contributed by atoms with E-state index in [1.165, 1.54) is 0 Å². The van der Waals surface area contributed by atoms with E-state index in [1.807, 2.05) is 27.0 Å². The van der Waals surface area contributed by atoms with E-state index in [1.54, 1.807) is 11.8 Å². The summed E-state index contributed by atoms with van der Waals surface area (Å²) in [6.45, 7) is 8.18. The minimum Gasteiger partial charge on any atom is -0.383 e. The van der Waals surface area contributed by atoms with Crippen molar-refractivity contribution in [2.24, 2.45) is 0 Å². The molecule has 0 radical (unpaired) electrons. The molecule has 0 bridgehead atoms. The van der Waals surface area contributed by atoms with E-state index in [0.717, 1.165) is 41.4 Å². The molecular formula is C15H21ClN4O. The number of hydrogen-bond acceptors (Lipinski definition) is 4. The van der Waals surface area contributed by atoms with Crippen LogP contribution in [0.25, 0.3) is 5.82 Å². The SMILES string of the molecule is COCCNCc1cnc(-n2nc(C)c(Cl)c2C)c(C)c1. The summed E-state index contributed by atoms with van der Waals surface area (Å²) >= 11 is 6.20. The number of ether oxygens (including phenoxy) is 1. The van der Waals surface area contributed by atoms with Gasteiger partial charge in [-0.1, -0.05) is 11.6 Å². The topological polar surface area (TPSA) is 52.0 Å². The van der Waals surface area contributed by atoms with Crippen molar-refractivity contribution in [3.63, 3.8) is 0 Å². The minimum absolute atomic E-state index is 0.696. The number of aromatic nitrogens is 3. The van der Waals surface area contributed by atoms with Gasteiger partial charge >= 0.3 is 0 Å². The van der Waals surface area contributed by atoms with Crippen LogP contribution >= 0.6 is 11.6 Å². The van der Waals surface area contributed by atoms with Crippen LogP contribution in [0.1, 0.15) is 22.5 Å². The van der Waals surface area contributed by atoms with Crippen LogP contribution in [-0.2, 0) is 11.3 Å². The Morgan fingerprint density at radius 3 is 2.67 bits per heavy atom. The maximum absolute atomic E-state index is 6.20. The predicted molar refractivity (Wildman–Crippen MR) is 84.2 cm³/mol. The van der Waals surface area contributed by atoms with Gasteiger partial charge in [-0.15, -0.1) is 0 Å². The maximum atomic E-state index is 6.20. The second kappa shape index (κ2) is 7.02. The first kappa shape index (κ1) is 15.9. The van der Waals surface area contributed by atoms with Gasteiger partial charge in [0.2, 0.25) is 0 Å². The average molecular weight is 309 g/mol. The van der Waals surface area contributed by atoms with Crippen molar-refractivity contribution >= 4 is 11.6 Å². The molecule has 0 saturated heterocycles. The van der Waals surface area contributed by atoms with Crippen LogP contribution in [0.5, 0.6) is 0 Å². The molecular weight excluding hydrogens is 288 g/mol. The number of rotatable bonds is 6. The van der Waals surface area contributed by atoms with Crippen LogP contribution in [0.3, 0.4) is 0 Å². The number of hydrogen-bond donors (Lipinski definition) is 1. The molecule has 0 aliphatic carbocycles. The molecule has 2 aromatic heterocycles. The highest BCUT2D eigenvalue weighted by Gasteiger charge is 2.13. The van der Waals surface area contributed by atoms with Gasteiger partial charge in [-0.3, -0.25) is 0 Å². The molecule has 114 valence electrons. The Balaban J connectivity index is 2.17. The van der Waals surface area contributed by atoms with Crippen LogP contribution in [0, 0.1) is 20.8 Å². The highest BCUT2D eigenvalue weighted by Crippen LogP contribution is 2.23. The largest absolute Gasteiger partial charge is 0.383 e. The van der Waals surface area contributed by atoms with Gasteiger partial charge < -0.3 is 10.1 Å². The van der Waals surface area contributed by atoms with E-state index in [9.17, 15) is 0 Å². The van der Waals surface area contributed by atoms with Crippen molar-refractivity contribution in [3.05, 3.63) is 39.8 Å². The van der Waals surface area contributed by atoms with E-state index in [0.29, 0.717) is 11.6 Å². The third-order valence-electron chi connectivity index (χ3n) is 3.32. The second-order valence-electron chi connectivity index (χ2n) is 5.05. The van der Waals surface area contributed by atoms with Crippen molar-refractivity contribution < 1.29 is 4.74 Å². The second-order valence-corrected chi connectivity index (χ2v) is 5.43. The quantitative estimate of drug-likeness (QED) is 0.833. The Kier molecular flexibility index (Phi) is 5.33. The molecule has 0 saturated carbocycles. The Bertz CT molecular complexity index is 624. The number of methoxy groups -OCH3 is 1. The molecule has 0 unspecified atom stereocenters. The van der Waals surface area contributed by atoms with Gasteiger partial charge in [0.05, 0.1) is 23.0 Å². The molecule has 5 nitrogen and oxygen atoms in total. The molecule has 2 rings (SSSR count). The van der Waals surface area contributed by atoms with Gasteiger partial charge in [-0.2, -0.15) is 5.10 Å². The summed E-state index contributed by atoms with van der Waals surface area (Å²) in [4.78, 5) is 4.53. The fraction of sp³-hybridized carbons (Fsp3) is 0.467. The van der Waals surface area contributed by atoms with Crippen molar-refractivity contribution in [2.45, 2.75) is 27.3 Å². The molecule has 2 aromatic rings. The highest BCUT2D eigenvalue weighted by atomic mass is 35.5. The third kappa shape index (κ3) is 3.61. The molecule has 0 aliphatic heterocycles. The summed E-state index contributed by atoms with van der Waals surface area (Å²) in [5.74, 6) is 0.822. The van der Waals surface area contributed by atoms with Crippen molar-refractivity contribution in [1.29, 1.82) is 0 Å². The zero-order valence-corrected chi connectivity index (χ0v) is 13.7. The van der Waals surface area contributed by atoms with Crippen molar-refractivity contribution in [1.82, 2.24) is 20.1 Å². The summed E-state index contributed by atoms with van der Waals surface area (Å²) in [7, 11) is 1.70. The molecule has 2 heterocycles. The number of nitrogens with one attached hydrogen (secondary N) is 1. The van der Waals surface area contributed by atoms with Gasteiger partial charge in [0.1, 0.15) is 0 Å². The van der Waals surface area contributed by atoms with E-state index in [2.05, 4.69) is 21.5 Å². The lowest BCUT2D eigenvalue weighted by atomic mass is 10.2. The lowest BCUT2D eigenvalue weighted by molar-refractivity contribution is 0.199. The Hall–Kier alpha value is -1.43. The molecule has 0 aliphatic rings. The predicted octanol–water partition coefficient (Wildman–Crippen LogP) is 2.58. The fourth-order valence-corrected chi connectivity index (χ4v) is 2.30. The summed E-state index contributed by atoms with van der Waals surface area (Å²) in [5, 5.41) is 8.45. The van der Waals surface area contributed by atoms with Gasteiger partial charge in [-0.05, 0) is 38.0 Å². The van der Waals surface area contributed by atoms with Gasteiger partial charge in [-0.25, -0.2) is 9.67 Å². The highest BCUT2D eigenvalue weighted by molar-refractivity contribution is 6.31. The standard InChI is InChI=1S/C15H21ClN4O/c1-10-7-13(8-17-5-6-21-4)9-18-15(10)20-12(3)14(16)11(2)19-20/h7,9,17H,5-6,8H2,1-4H3. The van der Waals surface area contributed by atoms with Gasteiger partial charge in [0, 0.05) is 26.4 Å². The lowest BCUT2D eigenvalue weighted by Gasteiger charge is -2.10. The van der Waals surface area contributed by atoms with E-state index < -0.39 is 0 Å². The van der Waals surface area contributed by atoms with Crippen LogP contribution in [0.2, 0.25) is 5.02 Å². The van der Waals surface area contributed by atoms with E-state index >= 15 is 0 Å². The Morgan fingerprint density at radius 1 is 1.33 bits per heavy atom. The normalized spacial score (nSPS) is 11.1. The Morgan fingerprint density at radius 2 is 2.10 bits per heavy atom. The molecule has 0 spiro atoms.